The number of amides is 1. The maximum Gasteiger partial charge on any atom is 0.271 e. The van der Waals surface area contributed by atoms with Crippen LogP contribution >= 0.6 is 22.9 Å². The molecule has 0 atom stereocenters. The molecular weight excluding hydrogens is 268 g/mol. The average Bonchev–Trinajstić information content (AvgIpc) is 2.75. The average molecular weight is 279 g/mol. The number of hydrazone groups is 1. The zero-order valence-electron chi connectivity index (χ0n) is 9.68. The lowest BCUT2D eigenvalue weighted by atomic mass is 10.1. The molecule has 18 heavy (non-hydrogen) atoms. The monoisotopic (exact) mass is 278 g/mol. The Morgan fingerprint density at radius 3 is 2.78 bits per heavy atom. The lowest BCUT2D eigenvalue weighted by Crippen LogP contribution is -2.18. The molecule has 1 amide bonds. The van der Waals surface area contributed by atoms with Crippen LogP contribution in [0.4, 0.5) is 0 Å². The Hall–Kier alpha value is -1.65. The maximum atomic E-state index is 11.8. The summed E-state index contributed by atoms with van der Waals surface area (Å²) in [6.07, 6.45) is 1.58. The van der Waals surface area contributed by atoms with Gasteiger partial charge in [0.25, 0.3) is 5.91 Å². The molecule has 92 valence electrons. The van der Waals surface area contributed by atoms with Crippen molar-refractivity contribution in [1.82, 2.24) is 5.43 Å². The molecule has 0 unspecified atom stereocenters. The molecule has 0 fully saturated rings. The molecule has 2 aromatic rings. The van der Waals surface area contributed by atoms with Crippen LogP contribution in [0.2, 0.25) is 4.34 Å². The summed E-state index contributed by atoms with van der Waals surface area (Å²) in [4.78, 5) is 12.7. The lowest BCUT2D eigenvalue weighted by molar-refractivity contribution is 0.0954. The normalized spacial score (nSPS) is 10.8. The molecule has 0 saturated heterocycles. The summed E-state index contributed by atoms with van der Waals surface area (Å²) >= 11 is 7.19. The van der Waals surface area contributed by atoms with Crippen molar-refractivity contribution in [2.24, 2.45) is 5.10 Å². The van der Waals surface area contributed by atoms with Crippen molar-refractivity contribution in [3.8, 4) is 0 Å². The standard InChI is InChI=1S/C13H11ClN2OS/c1-9-4-2-3-5-11(9)13(17)16-15-8-10-6-7-12(14)18-10/h2-8H,1H3,(H,16,17). The maximum absolute atomic E-state index is 11.8. The highest BCUT2D eigenvalue weighted by atomic mass is 35.5. The molecule has 1 aromatic heterocycles. The van der Waals surface area contributed by atoms with Gasteiger partial charge in [-0.05, 0) is 30.7 Å². The Balaban J connectivity index is 2.01. The van der Waals surface area contributed by atoms with Crippen molar-refractivity contribution in [2.45, 2.75) is 6.92 Å². The molecule has 1 N–H and O–H groups in total. The van der Waals surface area contributed by atoms with Gasteiger partial charge in [-0.3, -0.25) is 4.79 Å². The quantitative estimate of drug-likeness (QED) is 0.678. The predicted octanol–water partition coefficient (Wildman–Crippen LogP) is 3.47. The summed E-state index contributed by atoms with van der Waals surface area (Å²) < 4.78 is 0.696. The Kier molecular flexibility index (Phi) is 4.12. The van der Waals surface area contributed by atoms with Gasteiger partial charge in [-0.25, -0.2) is 5.43 Å². The number of halogens is 1. The van der Waals surface area contributed by atoms with Crippen molar-refractivity contribution >= 4 is 35.1 Å². The lowest BCUT2D eigenvalue weighted by Gasteiger charge is -2.02. The fraction of sp³-hybridized carbons (Fsp3) is 0.0769. The summed E-state index contributed by atoms with van der Waals surface area (Å²) in [5.41, 5.74) is 4.04. The highest BCUT2D eigenvalue weighted by Gasteiger charge is 2.06. The fourth-order valence-electron chi connectivity index (χ4n) is 1.44. The van der Waals surface area contributed by atoms with Crippen molar-refractivity contribution in [1.29, 1.82) is 0 Å². The van der Waals surface area contributed by atoms with Crippen molar-refractivity contribution < 1.29 is 4.79 Å². The van der Waals surface area contributed by atoms with Crippen LogP contribution in [0.25, 0.3) is 0 Å². The second kappa shape index (κ2) is 5.80. The van der Waals surface area contributed by atoms with E-state index in [2.05, 4.69) is 10.5 Å². The van der Waals surface area contributed by atoms with E-state index in [9.17, 15) is 4.79 Å². The van der Waals surface area contributed by atoms with E-state index in [-0.39, 0.29) is 5.91 Å². The topological polar surface area (TPSA) is 41.5 Å². The third kappa shape index (κ3) is 3.18. The van der Waals surface area contributed by atoms with E-state index in [1.54, 1.807) is 18.3 Å². The van der Waals surface area contributed by atoms with Crippen LogP contribution in [0.1, 0.15) is 20.8 Å². The molecule has 0 aliphatic heterocycles. The predicted molar refractivity (Wildman–Crippen MR) is 75.6 cm³/mol. The fourth-order valence-corrected chi connectivity index (χ4v) is 2.37. The number of hydrogen-bond donors (Lipinski definition) is 1. The van der Waals surface area contributed by atoms with E-state index in [0.717, 1.165) is 10.4 Å². The van der Waals surface area contributed by atoms with E-state index in [1.807, 2.05) is 31.2 Å². The van der Waals surface area contributed by atoms with Crippen LogP contribution in [-0.4, -0.2) is 12.1 Å². The second-order valence-corrected chi connectivity index (χ2v) is 5.40. The first-order valence-electron chi connectivity index (χ1n) is 5.31. The van der Waals surface area contributed by atoms with Gasteiger partial charge in [0.2, 0.25) is 0 Å². The first kappa shape index (κ1) is 12.8. The smallest absolute Gasteiger partial charge is 0.267 e. The minimum Gasteiger partial charge on any atom is -0.267 e. The Labute approximate surface area is 114 Å². The van der Waals surface area contributed by atoms with E-state index < -0.39 is 0 Å². The van der Waals surface area contributed by atoms with Gasteiger partial charge in [-0.1, -0.05) is 29.8 Å². The van der Waals surface area contributed by atoms with Crippen LogP contribution in [0.5, 0.6) is 0 Å². The van der Waals surface area contributed by atoms with Crippen molar-refractivity contribution in [3.05, 3.63) is 56.7 Å². The van der Waals surface area contributed by atoms with Gasteiger partial charge in [0.1, 0.15) is 0 Å². The Morgan fingerprint density at radius 1 is 1.33 bits per heavy atom. The second-order valence-electron chi connectivity index (χ2n) is 3.66. The van der Waals surface area contributed by atoms with Crippen LogP contribution in [-0.2, 0) is 0 Å². The zero-order valence-corrected chi connectivity index (χ0v) is 11.3. The first-order chi connectivity index (χ1) is 8.66. The number of hydrogen-bond acceptors (Lipinski definition) is 3. The third-order valence-corrected chi connectivity index (χ3v) is 3.51. The summed E-state index contributed by atoms with van der Waals surface area (Å²) in [7, 11) is 0. The SMILES string of the molecule is Cc1ccccc1C(=O)NN=Cc1ccc(Cl)s1. The summed E-state index contributed by atoms with van der Waals surface area (Å²) in [6.45, 7) is 1.89. The molecule has 0 aliphatic rings. The number of nitrogens with zero attached hydrogens (tertiary/aromatic N) is 1. The largest absolute Gasteiger partial charge is 0.271 e. The van der Waals surface area contributed by atoms with Gasteiger partial charge in [0, 0.05) is 10.4 Å². The number of benzene rings is 1. The molecule has 3 nitrogen and oxygen atoms in total. The van der Waals surface area contributed by atoms with Gasteiger partial charge >= 0.3 is 0 Å². The minimum atomic E-state index is -0.216. The Bertz CT molecular complexity index is 592. The molecular formula is C13H11ClN2OS. The number of nitrogens with one attached hydrogen (secondary N) is 1. The van der Waals surface area contributed by atoms with Gasteiger partial charge < -0.3 is 0 Å². The van der Waals surface area contributed by atoms with Crippen LogP contribution in [0.15, 0.2) is 41.5 Å². The van der Waals surface area contributed by atoms with E-state index in [0.29, 0.717) is 9.90 Å². The number of carbonyl (C=O) groups is 1. The molecule has 0 bridgehead atoms. The molecule has 1 heterocycles. The van der Waals surface area contributed by atoms with Gasteiger partial charge in [-0.2, -0.15) is 5.10 Å². The highest BCUT2D eigenvalue weighted by molar-refractivity contribution is 7.17. The van der Waals surface area contributed by atoms with E-state index in [1.165, 1.54) is 11.3 Å². The van der Waals surface area contributed by atoms with Gasteiger partial charge in [-0.15, -0.1) is 11.3 Å². The molecule has 5 heteroatoms. The summed E-state index contributed by atoms with van der Waals surface area (Å²) in [5.74, 6) is -0.216. The van der Waals surface area contributed by atoms with Crippen LogP contribution < -0.4 is 5.43 Å². The highest BCUT2D eigenvalue weighted by Crippen LogP contribution is 2.19. The minimum absolute atomic E-state index is 0.216. The third-order valence-electron chi connectivity index (χ3n) is 2.34. The van der Waals surface area contributed by atoms with Crippen LogP contribution in [0, 0.1) is 6.92 Å². The van der Waals surface area contributed by atoms with Gasteiger partial charge in [0.05, 0.1) is 10.6 Å². The molecule has 1 aromatic carbocycles. The van der Waals surface area contributed by atoms with Crippen molar-refractivity contribution in [3.63, 3.8) is 0 Å². The van der Waals surface area contributed by atoms with E-state index in [4.69, 9.17) is 11.6 Å². The zero-order chi connectivity index (χ0) is 13.0. The molecule has 0 radical (unpaired) electrons. The van der Waals surface area contributed by atoms with E-state index >= 15 is 0 Å². The first-order valence-corrected chi connectivity index (χ1v) is 6.50. The number of rotatable bonds is 3. The van der Waals surface area contributed by atoms with Gasteiger partial charge in [0.15, 0.2) is 0 Å². The number of thiophene rings is 1. The summed E-state index contributed by atoms with van der Waals surface area (Å²) in [5, 5.41) is 3.90. The molecule has 2 rings (SSSR count). The Morgan fingerprint density at radius 2 is 2.11 bits per heavy atom. The summed E-state index contributed by atoms with van der Waals surface area (Å²) in [6, 6.07) is 11.0. The molecule has 0 aliphatic carbocycles. The number of aryl methyl sites for hydroxylation is 1. The molecule has 0 spiro atoms. The number of carbonyl (C=O) groups excluding carboxylic acids is 1. The van der Waals surface area contributed by atoms with Crippen LogP contribution in [0.3, 0.4) is 0 Å². The molecule has 0 saturated carbocycles. The van der Waals surface area contributed by atoms with Crippen molar-refractivity contribution in [2.75, 3.05) is 0 Å².